The highest BCUT2D eigenvalue weighted by molar-refractivity contribution is 7.91. The van der Waals surface area contributed by atoms with Gasteiger partial charge in [-0.2, -0.15) is 0 Å². The van der Waals surface area contributed by atoms with Gasteiger partial charge in [0.25, 0.3) is 0 Å². The molecule has 3 aromatic rings. The lowest BCUT2D eigenvalue weighted by molar-refractivity contribution is -0.115. The molecule has 1 amide bonds. The minimum atomic E-state index is -3.23. The van der Waals surface area contributed by atoms with Crippen LogP contribution in [0.5, 0.6) is 0 Å². The van der Waals surface area contributed by atoms with Gasteiger partial charge in [-0.25, -0.2) is 13.4 Å². The Morgan fingerprint density at radius 3 is 2.39 bits per heavy atom. The van der Waals surface area contributed by atoms with Crippen molar-refractivity contribution in [3.8, 4) is 11.3 Å². The molecule has 1 saturated carbocycles. The summed E-state index contributed by atoms with van der Waals surface area (Å²) in [6, 6.07) is 13.9. The molecule has 0 radical (unpaired) electrons. The lowest BCUT2D eigenvalue weighted by Crippen LogP contribution is -2.14. The maximum atomic E-state index is 12.3. The average Bonchev–Trinajstić information content (AvgIpc) is 3.30. The van der Waals surface area contributed by atoms with Gasteiger partial charge in [-0.05, 0) is 60.7 Å². The Labute approximate surface area is 163 Å². The number of nitrogens with zero attached hydrogens (tertiary/aromatic N) is 1. The Kier molecular flexibility index (Phi) is 5.00. The number of sulfone groups is 1. The van der Waals surface area contributed by atoms with Crippen LogP contribution in [0.2, 0.25) is 0 Å². The van der Waals surface area contributed by atoms with Crippen LogP contribution in [0.1, 0.15) is 18.4 Å². The van der Waals surface area contributed by atoms with Gasteiger partial charge < -0.3 is 9.73 Å². The van der Waals surface area contributed by atoms with Crippen LogP contribution >= 0.6 is 0 Å². The molecule has 2 aromatic carbocycles. The minimum Gasteiger partial charge on any atom is -0.444 e. The molecule has 144 valence electrons. The number of hydrogen-bond acceptors (Lipinski definition) is 5. The summed E-state index contributed by atoms with van der Waals surface area (Å²) in [5.41, 5.74) is 2.32. The number of aromatic nitrogens is 1. The van der Waals surface area contributed by atoms with Crippen molar-refractivity contribution in [1.29, 1.82) is 0 Å². The summed E-state index contributed by atoms with van der Waals surface area (Å²) in [4.78, 5) is 16.5. The Balaban J connectivity index is 1.35. The first-order valence-electron chi connectivity index (χ1n) is 9.10. The molecule has 1 aliphatic carbocycles. The number of rotatable bonds is 7. The van der Waals surface area contributed by atoms with Crippen LogP contribution in [0.4, 0.5) is 5.69 Å². The number of nitrogens with one attached hydrogen (secondary N) is 1. The predicted octanol–water partition coefficient (Wildman–Crippen LogP) is 3.71. The third-order valence-electron chi connectivity index (χ3n) is 4.68. The molecule has 4 rings (SSSR count). The smallest absolute Gasteiger partial charge is 0.228 e. The first-order valence-corrected chi connectivity index (χ1v) is 10.8. The second-order valence-corrected chi connectivity index (χ2v) is 9.07. The van der Waals surface area contributed by atoms with E-state index >= 15 is 0 Å². The van der Waals surface area contributed by atoms with Gasteiger partial charge in [0, 0.05) is 11.3 Å². The molecule has 0 spiro atoms. The van der Waals surface area contributed by atoms with Crippen molar-refractivity contribution in [3.63, 3.8) is 0 Å². The fourth-order valence-corrected chi connectivity index (χ4v) is 4.67. The SMILES string of the molecule is O=C(Cc1ccc(S(=O)(=O)CC2CC2)cc1)Nc1ccc(-c2cnco2)cc1. The number of anilines is 1. The Bertz CT molecular complexity index is 1050. The summed E-state index contributed by atoms with van der Waals surface area (Å²) >= 11 is 0. The van der Waals surface area contributed by atoms with Gasteiger partial charge in [-0.15, -0.1) is 0 Å². The lowest BCUT2D eigenvalue weighted by Gasteiger charge is -2.07. The van der Waals surface area contributed by atoms with E-state index in [9.17, 15) is 13.2 Å². The van der Waals surface area contributed by atoms with Crippen LogP contribution in [-0.2, 0) is 21.1 Å². The number of carbonyl (C=O) groups is 1. The Hall–Kier alpha value is -2.93. The molecule has 1 heterocycles. The van der Waals surface area contributed by atoms with Crippen LogP contribution in [0.3, 0.4) is 0 Å². The molecule has 0 bridgehead atoms. The summed E-state index contributed by atoms with van der Waals surface area (Å²) < 4.78 is 29.8. The van der Waals surface area contributed by atoms with E-state index in [2.05, 4.69) is 10.3 Å². The van der Waals surface area contributed by atoms with E-state index < -0.39 is 9.84 Å². The van der Waals surface area contributed by atoms with E-state index in [-0.39, 0.29) is 18.1 Å². The molecule has 1 fully saturated rings. The van der Waals surface area contributed by atoms with Crippen molar-refractivity contribution in [1.82, 2.24) is 4.98 Å². The van der Waals surface area contributed by atoms with Crippen molar-refractivity contribution in [2.75, 3.05) is 11.1 Å². The lowest BCUT2D eigenvalue weighted by atomic mass is 10.1. The molecule has 6 nitrogen and oxygen atoms in total. The fraction of sp³-hybridized carbons (Fsp3) is 0.238. The molecule has 28 heavy (non-hydrogen) atoms. The summed E-state index contributed by atoms with van der Waals surface area (Å²) in [7, 11) is -3.23. The maximum Gasteiger partial charge on any atom is 0.228 e. The normalized spacial score (nSPS) is 14.0. The average molecular weight is 396 g/mol. The zero-order valence-corrected chi connectivity index (χ0v) is 16.0. The van der Waals surface area contributed by atoms with Crippen molar-refractivity contribution in [2.24, 2.45) is 5.92 Å². The van der Waals surface area contributed by atoms with Crippen molar-refractivity contribution in [3.05, 3.63) is 66.7 Å². The number of benzene rings is 2. The van der Waals surface area contributed by atoms with Crippen LogP contribution < -0.4 is 5.32 Å². The zero-order chi connectivity index (χ0) is 19.6. The molecular formula is C21H20N2O4S. The molecule has 0 unspecified atom stereocenters. The first kappa shape index (κ1) is 18.4. The molecular weight excluding hydrogens is 376 g/mol. The van der Waals surface area contributed by atoms with E-state index in [4.69, 9.17) is 4.42 Å². The molecule has 7 heteroatoms. The number of amides is 1. The molecule has 1 aromatic heterocycles. The standard InChI is InChI=1S/C21H20N2O4S/c24-21(23-18-7-5-17(6-8-18)20-12-22-14-27-20)11-15-3-9-19(10-4-15)28(25,26)13-16-1-2-16/h3-10,12,14,16H,1-2,11,13H2,(H,23,24). The maximum absolute atomic E-state index is 12.3. The van der Waals surface area contributed by atoms with Crippen LogP contribution in [0, 0.1) is 5.92 Å². The number of oxazole rings is 1. The van der Waals surface area contributed by atoms with E-state index in [1.807, 2.05) is 12.1 Å². The quantitative estimate of drug-likeness (QED) is 0.658. The van der Waals surface area contributed by atoms with Crippen molar-refractivity contribution >= 4 is 21.4 Å². The second-order valence-electron chi connectivity index (χ2n) is 7.04. The predicted molar refractivity (Wildman–Crippen MR) is 105 cm³/mol. The van der Waals surface area contributed by atoms with Crippen molar-refractivity contribution < 1.29 is 17.6 Å². The van der Waals surface area contributed by atoms with Gasteiger partial charge in [-0.1, -0.05) is 12.1 Å². The highest BCUT2D eigenvalue weighted by Gasteiger charge is 2.28. The third-order valence-corrected chi connectivity index (χ3v) is 6.59. The van der Waals surface area contributed by atoms with Gasteiger partial charge in [0.05, 0.1) is 23.3 Å². The van der Waals surface area contributed by atoms with Gasteiger partial charge in [-0.3, -0.25) is 4.79 Å². The van der Waals surface area contributed by atoms with Crippen LogP contribution in [0.15, 0.2) is 70.4 Å². The van der Waals surface area contributed by atoms with Crippen molar-refractivity contribution in [2.45, 2.75) is 24.2 Å². The zero-order valence-electron chi connectivity index (χ0n) is 15.2. The minimum absolute atomic E-state index is 0.166. The number of hydrogen-bond donors (Lipinski definition) is 1. The van der Waals surface area contributed by atoms with Crippen LogP contribution in [0.25, 0.3) is 11.3 Å². The second kappa shape index (κ2) is 7.59. The van der Waals surface area contributed by atoms with Gasteiger partial charge in [0.2, 0.25) is 5.91 Å². The number of carbonyl (C=O) groups excluding carboxylic acids is 1. The Morgan fingerprint density at radius 2 is 1.79 bits per heavy atom. The van der Waals surface area contributed by atoms with E-state index in [0.717, 1.165) is 24.0 Å². The topological polar surface area (TPSA) is 89.3 Å². The third kappa shape index (κ3) is 4.48. The molecule has 0 aliphatic heterocycles. The van der Waals surface area contributed by atoms with E-state index in [1.165, 1.54) is 6.39 Å². The summed E-state index contributed by atoms with van der Waals surface area (Å²) in [5.74, 6) is 1.03. The van der Waals surface area contributed by atoms with E-state index in [0.29, 0.717) is 22.3 Å². The highest BCUT2D eigenvalue weighted by atomic mass is 32.2. The van der Waals surface area contributed by atoms with E-state index in [1.54, 1.807) is 42.6 Å². The summed E-state index contributed by atoms with van der Waals surface area (Å²) in [5, 5.41) is 2.84. The van der Waals surface area contributed by atoms with Gasteiger partial charge >= 0.3 is 0 Å². The highest BCUT2D eigenvalue weighted by Crippen LogP contribution is 2.32. The molecule has 0 saturated heterocycles. The monoisotopic (exact) mass is 396 g/mol. The van der Waals surface area contributed by atoms with Crippen LogP contribution in [-0.4, -0.2) is 25.1 Å². The molecule has 1 aliphatic rings. The summed E-state index contributed by atoms with van der Waals surface area (Å²) in [6.07, 6.45) is 5.16. The molecule has 1 N–H and O–H groups in total. The van der Waals surface area contributed by atoms with Gasteiger partial charge in [0.1, 0.15) is 0 Å². The Morgan fingerprint density at radius 1 is 1.07 bits per heavy atom. The molecule has 0 atom stereocenters. The first-order chi connectivity index (χ1) is 13.5. The van der Waals surface area contributed by atoms with Gasteiger partial charge in [0.15, 0.2) is 22.0 Å². The fourth-order valence-electron chi connectivity index (χ4n) is 2.97. The summed E-state index contributed by atoms with van der Waals surface area (Å²) in [6.45, 7) is 0. The largest absolute Gasteiger partial charge is 0.444 e.